The summed E-state index contributed by atoms with van der Waals surface area (Å²) in [7, 11) is 0. The summed E-state index contributed by atoms with van der Waals surface area (Å²) in [6.07, 6.45) is 85.3. The summed E-state index contributed by atoms with van der Waals surface area (Å²) < 4.78 is 16.9. The van der Waals surface area contributed by atoms with Crippen molar-refractivity contribution >= 4 is 17.9 Å². The van der Waals surface area contributed by atoms with Gasteiger partial charge in [0.25, 0.3) is 0 Å². The quantitative estimate of drug-likeness (QED) is 0.0261. The molecule has 0 rings (SSSR count). The molecule has 0 saturated carbocycles. The van der Waals surface area contributed by atoms with Crippen LogP contribution in [0.1, 0.15) is 290 Å². The molecular formula is C69H116O6. The molecule has 0 saturated heterocycles. The summed E-state index contributed by atoms with van der Waals surface area (Å²) in [6.45, 7) is 6.40. The summed E-state index contributed by atoms with van der Waals surface area (Å²) >= 11 is 0. The minimum Gasteiger partial charge on any atom is -0.462 e. The highest BCUT2D eigenvalue weighted by atomic mass is 16.6. The van der Waals surface area contributed by atoms with Gasteiger partial charge in [0.1, 0.15) is 13.2 Å². The number of carbonyl (C=O) groups excluding carboxylic acids is 3. The molecule has 0 fully saturated rings. The zero-order valence-corrected chi connectivity index (χ0v) is 49.0. The number of esters is 3. The molecule has 1 unspecified atom stereocenters. The van der Waals surface area contributed by atoms with E-state index in [0.717, 1.165) is 122 Å². The maximum Gasteiger partial charge on any atom is 0.306 e. The van der Waals surface area contributed by atoms with E-state index in [-0.39, 0.29) is 37.5 Å². The SMILES string of the molecule is CC/C=C\C/C=C\C/C=C\C/C=C\C/C=C\CCCCCC(=O)OC(COC(=O)CCCCCCCCCCCCC)COC(=O)CCCCCCCCCCCCCCCC/C=C\C/C=C\C/C=C\C/C=C\CC. The van der Waals surface area contributed by atoms with Crippen LogP contribution >= 0.6 is 0 Å². The summed E-state index contributed by atoms with van der Waals surface area (Å²) in [5, 5.41) is 0. The third-order valence-electron chi connectivity index (χ3n) is 13.3. The first kappa shape index (κ1) is 71.1. The second-order valence-corrected chi connectivity index (χ2v) is 20.6. The van der Waals surface area contributed by atoms with Crippen LogP contribution in [0.5, 0.6) is 0 Å². The maximum atomic E-state index is 12.9. The average Bonchev–Trinajstić information content (AvgIpc) is 3.41. The van der Waals surface area contributed by atoms with Crippen molar-refractivity contribution in [2.45, 2.75) is 297 Å². The van der Waals surface area contributed by atoms with Crippen molar-refractivity contribution in [3.05, 3.63) is 109 Å². The molecule has 75 heavy (non-hydrogen) atoms. The van der Waals surface area contributed by atoms with Gasteiger partial charge in [-0.1, -0.05) is 278 Å². The molecule has 1 atom stereocenters. The fourth-order valence-electron chi connectivity index (χ4n) is 8.64. The van der Waals surface area contributed by atoms with Crippen molar-refractivity contribution < 1.29 is 28.6 Å². The van der Waals surface area contributed by atoms with E-state index in [9.17, 15) is 14.4 Å². The Hall–Kier alpha value is -3.93. The van der Waals surface area contributed by atoms with E-state index in [4.69, 9.17) is 14.2 Å². The van der Waals surface area contributed by atoms with E-state index in [1.165, 1.54) is 128 Å². The van der Waals surface area contributed by atoms with Crippen molar-refractivity contribution in [2.75, 3.05) is 13.2 Å². The lowest BCUT2D eigenvalue weighted by Crippen LogP contribution is -2.30. The summed E-state index contributed by atoms with van der Waals surface area (Å²) in [6, 6.07) is 0. The predicted molar refractivity (Wildman–Crippen MR) is 325 cm³/mol. The Morgan fingerprint density at radius 3 is 0.827 bits per heavy atom. The maximum absolute atomic E-state index is 12.9. The van der Waals surface area contributed by atoms with Gasteiger partial charge >= 0.3 is 17.9 Å². The van der Waals surface area contributed by atoms with E-state index in [1.54, 1.807) is 0 Å². The van der Waals surface area contributed by atoms with Crippen LogP contribution in [0.15, 0.2) is 109 Å². The predicted octanol–water partition coefficient (Wildman–Crippen LogP) is 21.4. The number of allylic oxidation sites excluding steroid dienone is 18. The molecule has 0 aliphatic heterocycles. The van der Waals surface area contributed by atoms with Crippen LogP contribution in [0.2, 0.25) is 0 Å². The van der Waals surface area contributed by atoms with E-state index in [2.05, 4.69) is 130 Å². The number of unbranched alkanes of at least 4 members (excludes halogenated alkanes) is 27. The lowest BCUT2D eigenvalue weighted by molar-refractivity contribution is -0.167. The van der Waals surface area contributed by atoms with Crippen LogP contribution in [0.25, 0.3) is 0 Å². The Morgan fingerprint density at radius 1 is 0.280 bits per heavy atom. The molecule has 0 aromatic heterocycles. The topological polar surface area (TPSA) is 78.9 Å². The number of rotatable bonds is 56. The van der Waals surface area contributed by atoms with Crippen LogP contribution in [0.4, 0.5) is 0 Å². The van der Waals surface area contributed by atoms with Gasteiger partial charge in [-0.05, 0) is 103 Å². The van der Waals surface area contributed by atoms with Gasteiger partial charge in [0, 0.05) is 19.3 Å². The van der Waals surface area contributed by atoms with Crippen molar-refractivity contribution in [3.63, 3.8) is 0 Å². The highest BCUT2D eigenvalue weighted by Crippen LogP contribution is 2.16. The molecule has 0 N–H and O–H groups in total. The third kappa shape index (κ3) is 60.8. The Balaban J connectivity index is 4.29. The first-order chi connectivity index (χ1) is 37.0. The van der Waals surface area contributed by atoms with Gasteiger partial charge in [-0.3, -0.25) is 14.4 Å². The minimum absolute atomic E-state index is 0.0896. The highest BCUT2D eigenvalue weighted by Gasteiger charge is 2.19. The van der Waals surface area contributed by atoms with Crippen molar-refractivity contribution in [3.8, 4) is 0 Å². The Bertz CT molecular complexity index is 1520. The zero-order valence-electron chi connectivity index (χ0n) is 49.0. The van der Waals surface area contributed by atoms with Gasteiger partial charge in [0.05, 0.1) is 0 Å². The molecule has 0 aliphatic rings. The number of carbonyl (C=O) groups is 3. The van der Waals surface area contributed by atoms with Crippen molar-refractivity contribution in [1.82, 2.24) is 0 Å². The Kier molecular flexibility index (Phi) is 59.3. The van der Waals surface area contributed by atoms with E-state index >= 15 is 0 Å². The zero-order chi connectivity index (χ0) is 54.3. The molecular weight excluding hydrogens is 925 g/mol. The number of ether oxygens (including phenoxy) is 3. The molecule has 0 radical (unpaired) electrons. The normalized spacial score (nSPS) is 12.8. The van der Waals surface area contributed by atoms with Gasteiger partial charge in [0.2, 0.25) is 0 Å². The van der Waals surface area contributed by atoms with Crippen molar-refractivity contribution in [2.24, 2.45) is 0 Å². The first-order valence-corrected chi connectivity index (χ1v) is 31.4. The van der Waals surface area contributed by atoms with Gasteiger partial charge in [-0.25, -0.2) is 0 Å². The standard InChI is InChI=1S/C69H116O6/c1-4-7-10-13-16-19-22-24-26-28-30-31-32-33-34-35-36-37-39-40-42-44-47-50-53-56-59-62-68(71)74-65-66(64-73-67(70)61-58-55-52-49-46-21-18-15-12-9-6-3)75-69(72)63-60-57-54-51-48-45-43-41-38-29-27-25-23-20-17-14-11-8-5-2/h7-8,10-11,16-17,19-20,24-27,30-31,38,41,45,48,66H,4-6,9,12-15,18,21-23,28-29,32-37,39-40,42-44,46-47,49-65H2,1-3H3/b10-7-,11-8-,19-16-,20-17-,26-24-,27-25-,31-30-,41-38-,48-45-. The summed E-state index contributed by atoms with van der Waals surface area (Å²) in [4.78, 5) is 38.2. The molecule has 428 valence electrons. The first-order valence-electron chi connectivity index (χ1n) is 31.4. The molecule has 6 heteroatoms. The molecule has 0 bridgehead atoms. The fourth-order valence-corrected chi connectivity index (χ4v) is 8.64. The van der Waals surface area contributed by atoms with E-state index < -0.39 is 6.10 Å². The monoisotopic (exact) mass is 1040 g/mol. The summed E-state index contributed by atoms with van der Waals surface area (Å²) in [5.41, 5.74) is 0. The lowest BCUT2D eigenvalue weighted by Gasteiger charge is -2.18. The third-order valence-corrected chi connectivity index (χ3v) is 13.3. The van der Waals surface area contributed by atoms with Crippen LogP contribution in [-0.2, 0) is 28.6 Å². The Labute approximate surface area is 463 Å². The highest BCUT2D eigenvalue weighted by molar-refractivity contribution is 5.71. The Morgan fingerprint density at radius 2 is 0.520 bits per heavy atom. The van der Waals surface area contributed by atoms with Gasteiger partial charge in [0.15, 0.2) is 6.10 Å². The molecule has 0 heterocycles. The molecule has 0 aromatic rings. The molecule has 0 aliphatic carbocycles. The van der Waals surface area contributed by atoms with Crippen LogP contribution in [0, 0.1) is 0 Å². The van der Waals surface area contributed by atoms with Crippen LogP contribution in [-0.4, -0.2) is 37.2 Å². The average molecular weight is 1040 g/mol. The van der Waals surface area contributed by atoms with Gasteiger partial charge < -0.3 is 14.2 Å². The second-order valence-electron chi connectivity index (χ2n) is 20.6. The van der Waals surface area contributed by atoms with Crippen LogP contribution < -0.4 is 0 Å². The smallest absolute Gasteiger partial charge is 0.306 e. The van der Waals surface area contributed by atoms with E-state index in [0.29, 0.717) is 12.8 Å². The van der Waals surface area contributed by atoms with E-state index in [1.807, 2.05) is 0 Å². The molecule has 0 aromatic carbocycles. The minimum atomic E-state index is -0.795. The molecule has 0 spiro atoms. The van der Waals surface area contributed by atoms with Gasteiger partial charge in [-0.2, -0.15) is 0 Å². The second kappa shape index (κ2) is 62.6. The summed E-state index contributed by atoms with van der Waals surface area (Å²) in [5.74, 6) is -0.917. The lowest BCUT2D eigenvalue weighted by atomic mass is 10.0. The number of hydrogen-bond acceptors (Lipinski definition) is 6. The van der Waals surface area contributed by atoms with Gasteiger partial charge in [-0.15, -0.1) is 0 Å². The molecule has 6 nitrogen and oxygen atoms in total. The van der Waals surface area contributed by atoms with Crippen LogP contribution in [0.3, 0.4) is 0 Å². The van der Waals surface area contributed by atoms with Crippen molar-refractivity contribution in [1.29, 1.82) is 0 Å². The molecule has 0 amide bonds. The fraction of sp³-hybridized carbons (Fsp3) is 0.696. The number of hydrogen-bond donors (Lipinski definition) is 0. The largest absolute Gasteiger partial charge is 0.462 e.